The minimum atomic E-state index is -4.60. The molecule has 0 saturated carbocycles. The Labute approximate surface area is 185 Å². The van der Waals surface area contributed by atoms with E-state index in [1.165, 1.54) is 21.0 Å². The number of aromatic nitrogens is 4. The third-order valence-corrected chi connectivity index (χ3v) is 2.96. The molecule has 1 N–H and O–H groups in total. The molecule has 2 rings (SSSR count). The van der Waals surface area contributed by atoms with Crippen molar-refractivity contribution < 1.29 is 61.3 Å². The average molecular weight is 440 g/mol. The second-order valence-corrected chi connectivity index (χ2v) is 5.10. The van der Waals surface area contributed by atoms with Gasteiger partial charge in [0.25, 0.3) is 0 Å². The van der Waals surface area contributed by atoms with E-state index in [1.54, 1.807) is 0 Å². The van der Waals surface area contributed by atoms with Gasteiger partial charge in [-0.1, -0.05) is 0 Å². The molecule has 0 aliphatic carbocycles. The minimum absolute atomic E-state index is 0. The molecular formula is C14H20AlF6LiN4O3. The molecule has 0 aromatic carbocycles. The zero-order valence-corrected chi connectivity index (χ0v) is 15.4. The Morgan fingerprint density at radius 3 is 1.90 bits per heavy atom. The smallest absolute Gasteiger partial charge is 1.00 e. The van der Waals surface area contributed by atoms with E-state index in [0.29, 0.717) is 0 Å². The van der Waals surface area contributed by atoms with E-state index in [9.17, 15) is 31.1 Å². The Bertz CT molecular complexity index is 798. The molecule has 2 aromatic heterocycles. The summed E-state index contributed by atoms with van der Waals surface area (Å²) in [6, 6.07) is 0. The molecule has 2 aromatic rings. The van der Waals surface area contributed by atoms with Crippen molar-refractivity contribution in [2.24, 2.45) is 14.1 Å². The summed E-state index contributed by atoms with van der Waals surface area (Å²) in [4.78, 5) is 11.1. The first-order valence-electron chi connectivity index (χ1n) is 7.29. The van der Waals surface area contributed by atoms with Gasteiger partial charge in [0.2, 0.25) is 0 Å². The zero-order chi connectivity index (χ0) is 21.0. The number of esters is 1. The molecule has 0 atom stereocenters. The summed E-state index contributed by atoms with van der Waals surface area (Å²) in [6.07, 6.45) is -7.46. The predicted octanol–water partition coefficient (Wildman–Crippen LogP) is -1.52. The molecular weight excluding hydrogens is 420 g/mol. The molecule has 2 heterocycles. The van der Waals surface area contributed by atoms with Gasteiger partial charge in [-0.25, -0.2) is 4.79 Å². The Hall–Kier alpha value is -1.44. The molecule has 0 bridgehead atoms. The maximum atomic E-state index is 12.4. The predicted molar refractivity (Wildman–Crippen MR) is 89.4 cm³/mol. The van der Waals surface area contributed by atoms with E-state index in [-0.39, 0.29) is 49.9 Å². The summed E-state index contributed by atoms with van der Waals surface area (Å²) in [6.45, 7) is 0.816. The molecule has 0 aliphatic heterocycles. The van der Waals surface area contributed by atoms with Crippen LogP contribution in [0.4, 0.5) is 26.3 Å². The number of ether oxygens (including phenoxy) is 1. The topological polar surface area (TPSA) is 82.2 Å². The summed E-state index contributed by atoms with van der Waals surface area (Å²) >= 11 is 0. The fourth-order valence-corrected chi connectivity index (χ4v) is 1.93. The molecule has 0 saturated heterocycles. The van der Waals surface area contributed by atoms with Gasteiger partial charge in [0, 0.05) is 26.5 Å². The fraction of sp³-hybridized carbons (Fsp3) is 0.500. The van der Waals surface area contributed by atoms with Crippen molar-refractivity contribution in [3.05, 3.63) is 34.9 Å². The van der Waals surface area contributed by atoms with Crippen molar-refractivity contribution >= 4 is 23.3 Å². The molecule has 0 fully saturated rings. The van der Waals surface area contributed by atoms with E-state index in [0.717, 1.165) is 21.8 Å². The van der Waals surface area contributed by atoms with Crippen LogP contribution in [0.3, 0.4) is 0 Å². The summed E-state index contributed by atoms with van der Waals surface area (Å²) in [5.41, 5.74) is -3.01. The second kappa shape index (κ2) is 11.7. The molecule has 29 heavy (non-hydrogen) atoms. The second-order valence-electron chi connectivity index (χ2n) is 5.10. The molecule has 0 radical (unpaired) electrons. The number of hydrogen-bond acceptors (Lipinski definition) is 5. The van der Waals surface area contributed by atoms with Gasteiger partial charge in [-0.05, 0) is 6.92 Å². The maximum absolute atomic E-state index is 12.4. The zero-order valence-electron chi connectivity index (χ0n) is 16.4. The monoisotopic (exact) mass is 440 g/mol. The van der Waals surface area contributed by atoms with Crippen molar-refractivity contribution in [2.45, 2.75) is 25.9 Å². The van der Waals surface area contributed by atoms with Crippen LogP contribution in [0.15, 0.2) is 12.4 Å². The van der Waals surface area contributed by atoms with Crippen LogP contribution in [0.2, 0.25) is 0 Å². The normalized spacial score (nSPS) is 11.0. The number of halogens is 6. The van der Waals surface area contributed by atoms with Gasteiger partial charge in [0.05, 0.1) is 18.8 Å². The van der Waals surface area contributed by atoms with Crippen LogP contribution in [0, 0.1) is 0 Å². The van der Waals surface area contributed by atoms with E-state index in [2.05, 4.69) is 14.9 Å². The van der Waals surface area contributed by atoms with Crippen LogP contribution in [-0.2, 0) is 37.8 Å². The third-order valence-electron chi connectivity index (χ3n) is 2.96. The number of alkyl halides is 6. The molecule has 0 unspecified atom stereocenters. The molecule has 0 amide bonds. The van der Waals surface area contributed by atoms with Gasteiger partial charge in [0.1, 0.15) is 11.3 Å². The van der Waals surface area contributed by atoms with Gasteiger partial charge >= 0.3 is 37.2 Å². The molecule has 15 heteroatoms. The van der Waals surface area contributed by atoms with Crippen molar-refractivity contribution in [3.63, 3.8) is 0 Å². The van der Waals surface area contributed by atoms with Gasteiger partial charge in [-0.2, -0.15) is 36.5 Å². The number of nitrogens with zero attached hydrogens (tertiary/aromatic N) is 4. The molecule has 0 spiro atoms. The molecule has 7 nitrogen and oxygen atoms in total. The van der Waals surface area contributed by atoms with Crippen molar-refractivity contribution in [1.29, 1.82) is 0 Å². The Balaban J connectivity index is -0.000000450. The number of aliphatic hydroxyl groups excluding tert-OH is 1. The Morgan fingerprint density at radius 1 is 1.07 bits per heavy atom. The van der Waals surface area contributed by atoms with E-state index < -0.39 is 41.7 Å². The van der Waals surface area contributed by atoms with E-state index >= 15 is 0 Å². The van der Waals surface area contributed by atoms with Crippen LogP contribution in [0.5, 0.6) is 0 Å². The Morgan fingerprint density at radius 2 is 1.52 bits per heavy atom. The van der Waals surface area contributed by atoms with Crippen molar-refractivity contribution in [1.82, 2.24) is 19.6 Å². The van der Waals surface area contributed by atoms with Crippen LogP contribution >= 0.6 is 0 Å². The van der Waals surface area contributed by atoms with Crippen LogP contribution in [-0.4, -0.2) is 54.6 Å². The van der Waals surface area contributed by atoms with Crippen LogP contribution in [0.25, 0.3) is 0 Å². The van der Waals surface area contributed by atoms with Crippen molar-refractivity contribution in [2.75, 3.05) is 6.61 Å². The number of carbonyl (C=O) groups excluding carboxylic acids is 1. The SMILES string of the molecule is CCOC(=O)c1nn(C)cc1C(F)(F)F.Cn1cc(C(F)(F)F)c(CO)n1.[AlH3].[H-].[Li+]. The largest absolute Gasteiger partial charge is 1.00 e. The first-order chi connectivity index (χ1) is 12.3. The number of hydrogen-bond donors (Lipinski definition) is 1. The fourth-order valence-electron chi connectivity index (χ4n) is 1.93. The number of rotatable bonds is 3. The van der Waals surface area contributed by atoms with Crippen molar-refractivity contribution in [3.8, 4) is 0 Å². The maximum Gasteiger partial charge on any atom is 1.00 e. The minimum Gasteiger partial charge on any atom is -1.00 e. The standard InChI is InChI=1S/C8H9F3N2O2.C6H7F3N2O.Al.Li.4H/c1-3-15-7(14)6-5(8(9,10)11)4-13(2)12-6;1-11-2-4(6(7,8)9)5(3-12)10-11;;;;;;/h4H,3H2,1-2H3;2,12H,3H2,1H3;;;;;;/q;;;+1;;;;-1. The summed E-state index contributed by atoms with van der Waals surface area (Å²) in [5, 5.41) is 15.4. The van der Waals surface area contributed by atoms with E-state index in [1.807, 2.05) is 0 Å². The van der Waals surface area contributed by atoms with Gasteiger partial charge in [0.15, 0.2) is 23.1 Å². The molecule has 160 valence electrons. The van der Waals surface area contributed by atoms with Crippen LogP contribution < -0.4 is 18.9 Å². The van der Waals surface area contributed by atoms with Gasteiger partial charge in [-0.3, -0.25) is 9.36 Å². The number of aryl methyl sites for hydroxylation is 2. The first kappa shape index (κ1) is 29.8. The molecule has 0 aliphatic rings. The summed E-state index contributed by atoms with van der Waals surface area (Å²) < 4.78 is 79.9. The Kier molecular flexibility index (Phi) is 12.0. The number of aliphatic hydroxyl groups is 1. The van der Waals surface area contributed by atoms with Gasteiger partial charge < -0.3 is 11.3 Å². The summed E-state index contributed by atoms with van der Waals surface area (Å²) in [5.74, 6) is -1.06. The van der Waals surface area contributed by atoms with E-state index in [4.69, 9.17) is 5.11 Å². The average Bonchev–Trinajstić information content (AvgIpc) is 3.10. The third kappa shape index (κ3) is 8.44. The summed E-state index contributed by atoms with van der Waals surface area (Å²) in [7, 11) is 2.67. The first-order valence-corrected chi connectivity index (χ1v) is 7.29. The quantitative estimate of drug-likeness (QED) is 0.356. The van der Waals surface area contributed by atoms with Crippen LogP contribution in [0.1, 0.15) is 35.7 Å². The number of carbonyl (C=O) groups is 1. The van der Waals surface area contributed by atoms with Gasteiger partial charge in [-0.15, -0.1) is 0 Å².